The normalized spacial score (nSPS) is 21.0. The monoisotopic (exact) mass is 416 g/mol. The molecule has 1 aliphatic heterocycles. The van der Waals surface area contributed by atoms with Crippen LogP contribution in [0.1, 0.15) is 67.1 Å². The van der Waals surface area contributed by atoms with E-state index in [1.54, 1.807) is 12.1 Å². The molecule has 0 bridgehead atoms. The van der Waals surface area contributed by atoms with Gasteiger partial charge in [0.15, 0.2) is 0 Å². The van der Waals surface area contributed by atoms with E-state index in [9.17, 15) is 9.18 Å². The second-order valence-electron chi connectivity index (χ2n) is 9.13. The molecule has 2 aliphatic rings. The zero-order valence-electron chi connectivity index (χ0n) is 17.1. The van der Waals surface area contributed by atoms with E-state index in [2.05, 4.69) is 0 Å². The first-order valence-electron chi connectivity index (χ1n) is 10.1. The van der Waals surface area contributed by atoms with Crippen molar-refractivity contribution in [3.63, 3.8) is 0 Å². The molecule has 2 aromatic rings. The van der Waals surface area contributed by atoms with Gasteiger partial charge in [-0.1, -0.05) is 17.7 Å². The van der Waals surface area contributed by atoms with Crippen molar-refractivity contribution in [3.05, 3.63) is 63.4 Å². The average molecular weight is 417 g/mol. The second kappa shape index (κ2) is 7.32. The number of halogens is 2. The summed E-state index contributed by atoms with van der Waals surface area (Å²) in [5, 5.41) is 0.181. The largest absolute Gasteiger partial charge is 0.492 e. The lowest BCUT2D eigenvalue weighted by molar-refractivity contribution is 0.00694. The van der Waals surface area contributed by atoms with Crippen LogP contribution in [0.15, 0.2) is 30.3 Å². The predicted octanol–water partition coefficient (Wildman–Crippen LogP) is 6.03. The van der Waals surface area contributed by atoms with Crippen molar-refractivity contribution >= 4 is 17.6 Å². The van der Waals surface area contributed by atoms with Gasteiger partial charge in [-0.2, -0.15) is 0 Å². The highest BCUT2D eigenvalue weighted by Crippen LogP contribution is 2.45. The Morgan fingerprint density at radius 2 is 1.97 bits per heavy atom. The lowest BCUT2D eigenvalue weighted by Gasteiger charge is -2.38. The first-order valence-corrected chi connectivity index (χ1v) is 10.5. The molecule has 1 spiro atoms. The zero-order valence-corrected chi connectivity index (χ0v) is 17.9. The molecule has 1 atom stereocenters. The van der Waals surface area contributed by atoms with Crippen LogP contribution in [0.2, 0.25) is 5.02 Å². The minimum absolute atomic E-state index is 0.181. The van der Waals surface area contributed by atoms with Gasteiger partial charge >= 0.3 is 5.97 Å². The van der Waals surface area contributed by atoms with Gasteiger partial charge in [-0.15, -0.1) is 0 Å². The summed E-state index contributed by atoms with van der Waals surface area (Å²) in [6, 6.07) is 9.08. The summed E-state index contributed by atoms with van der Waals surface area (Å²) in [6.07, 6.45) is 4.17. The van der Waals surface area contributed by atoms with Crippen molar-refractivity contribution in [1.29, 1.82) is 0 Å². The van der Waals surface area contributed by atoms with Gasteiger partial charge in [0.1, 0.15) is 17.2 Å². The molecule has 0 radical (unpaired) electrons. The van der Waals surface area contributed by atoms with Crippen LogP contribution >= 0.6 is 11.6 Å². The molecule has 0 saturated carbocycles. The summed E-state index contributed by atoms with van der Waals surface area (Å²) >= 11 is 6.02. The van der Waals surface area contributed by atoms with E-state index in [0.29, 0.717) is 18.6 Å². The molecule has 154 valence electrons. The quantitative estimate of drug-likeness (QED) is 0.532. The highest BCUT2D eigenvalue weighted by Gasteiger charge is 2.40. The van der Waals surface area contributed by atoms with Gasteiger partial charge in [-0.3, -0.25) is 0 Å². The molecule has 4 rings (SSSR count). The topological polar surface area (TPSA) is 35.5 Å². The highest BCUT2D eigenvalue weighted by molar-refractivity contribution is 6.30. The van der Waals surface area contributed by atoms with Gasteiger partial charge in [-0.25, -0.2) is 9.18 Å². The van der Waals surface area contributed by atoms with Crippen LogP contribution in [0.3, 0.4) is 0 Å². The van der Waals surface area contributed by atoms with E-state index in [-0.39, 0.29) is 22.2 Å². The Hall–Kier alpha value is -2.07. The number of carbonyl (C=O) groups excluding carboxylic acids is 1. The fourth-order valence-electron chi connectivity index (χ4n) is 4.52. The van der Waals surface area contributed by atoms with Crippen molar-refractivity contribution < 1.29 is 18.7 Å². The van der Waals surface area contributed by atoms with Gasteiger partial charge < -0.3 is 9.47 Å². The Balaban J connectivity index is 1.63. The number of ether oxygens (including phenoxy) is 2. The number of aryl methyl sites for hydroxylation is 1. The minimum Gasteiger partial charge on any atom is -0.492 e. The molecule has 5 heteroatoms. The van der Waals surface area contributed by atoms with Gasteiger partial charge in [0, 0.05) is 5.41 Å². The van der Waals surface area contributed by atoms with Gasteiger partial charge in [-0.05, 0) is 93.8 Å². The SMILES string of the molecule is CC(C)(C)OC(=O)c1ccc2c(c1)CC[C@@]1(CCCc3c1ccc(Cl)c3F)CO2. The van der Waals surface area contributed by atoms with E-state index < -0.39 is 5.60 Å². The third kappa shape index (κ3) is 3.87. The van der Waals surface area contributed by atoms with Gasteiger partial charge in [0.05, 0.1) is 17.2 Å². The van der Waals surface area contributed by atoms with Crippen LogP contribution in [0, 0.1) is 5.82 Å². The maximum absolute atomic E-state index is 14.6. The first kappa shape index (κ1) is 20.2. The Morgan fingerprint density at radius 1 is 1.17 bits per heavy atom. The molecule has 29 heavy (non-hydrogen) atoms. The Kier molecular flexibility index (Phi) is 5.10. The smallest absolute Gasteiger partial charge is 0.338 e. The van der Waals surface area contributed by atoms with E-state index >= 15 is 0 Å². The van der Waals surface area contributed by atoms with Gasteiger partial charge in [0.25, 0.3) is 0 Å². The lowest BCUT2D eigenvalue weighted by atomic mass is 9.67. The van der Waals surface area contributed by atoms with E-state index in [4.69, 9.17) is 21.1 Å². The number of rotatable bonds is 1. The number of hydrogen-bond acceptors (Lipinski definition) is 3. The number of carbonyl (C=O) groups is 1. The minimum atomic E-state index is -0.540. The molecule has 2 aromatic carbocycles. The van der Waals surface area contributed by atoms with Crippen LogP contribution in [0.25, 0.3) is 0 Å². The average Bonchev–Trinajstić information content (AvgIpc) is 2.84. The molecule has 0 aromatic heterocycles. The number of hydrogen-bond donors (Lipinski definition) is 0. The summed E-state index contributed by atoms with van der Waals surface area (Å²) < 4.78 is 26.3. The van der Waals surface area contributed by atoms with E-state index in [0.717, 1.165) is 48.1 Å². The van der Waals surface area contributed by atoms with E-state index in [1.165, 1.54) is 0 Å². The third-order valence-corrected chi connectivity index (χ3v) is 6.21. The number of fused-ring (bicyclic) bond motifs is 3. The van der Waals surface area contributed by atoms with Crippen LogP contribution in [0.5, 0.6) is 5.75 Å². The molecule has 1 aliphatic carbocycles. The van der Waals surface area contributed by atoms with Crippen molar-refractivity contribution in [3.8, 4) is 5.75 Å². The summed E-state index contributed by atoms with van der Waals surface area (Å²) in [7, 11) is 0. The number of benzene rings is 2. The van der Waals surface area contributed by atoms with Crippen molar-refractivity contribution in [2.24, 2.45) is 0 Å². The third-order valence-electron chi connectivity index (χ3n) is 5.92. The van der Waals surface area contributed by atoms with Gasteiger partial charge in [0.2, 0.25) is 0 Å². The molecular weight excluding hydrogens is 391 g/mol. The predicted molar refractivity (Wildman–Crippen MR) is 111 cm³/mol. The molecule has 1 heterocycles. The molecule has 0 fully saturated rings. The van der Waals surface area contributed by atoms with Crippen LogP contribution in [0.4, 0.5) is 4.39 Å². The second-order valence-corrected chi connectivity index (χ2v) is 9.54. The van der Waals surface area contributed by atoms with E-state index in [1.807, 2.05) is 39.0 Å². The molecule has 0 amide bonds. The molecular formula is C24H26ClFO3. The summed E-state index contributed by atoms with van der Waals surface area (Å²) in [5.74, 6) is 0.159. The van der Waals surface area contributed by atoms with Crippen LogP contribution in [-0.2, 0) is 23.0 Å². The van der Waals surface area contributed by atoms with Crippen LogP contribution in [-0.4, -0.2) is 18.2 Å². The summed E-state index contributed by atoms with van der Waals surface area (Å²) in [4.78, 5) is 12.4. The fraction of sp³-hybridized carbons (Fsp3) is 0.458. The maximum atomic E-state index is 14.6. The molecule has 3 nitrogen and oxygen atoms in total. The lowest BCUT2D eigenvalue weighted by Crippen LogP contribution is -2.37. The summed E-state index contributed by atoms with van der Waals surface area (Å²) in [5.41, 5.74) is 2.50. The first-order chi connectivity index (χ1) is 13.7. The van der Waals surface area contributed by atoms with Crippen molar-refractivity contribution in [2.75, 3.05) is 6.61 Å². The number of esters is 1. The standard InChI is InChI=1S/C24H26ClFO3/c1-23(2,3)29-22(27)16-6-9-20-15(13-16)10-12-24(14-28-20)11-4-5-17-18(24)7-8-19(25)21(17)26/h6-9,13H,4-5,10-12,14H2,1-3H3/t24-/m0/s1. The molecule has 0 unspecified atom stereocenters. The highest BCUT2D eigenvalue weighted by atomic mass is 35.5. The Bertz CT molecular complexity index is 963. The van der Waals surface area contributed by atoms with Crippen molar-refractivity contribution in [2.45, 2.75) is 63.9 Å². The summed E-state index contributed by atoms with van der Waals surface area (Å²) in [6.45, 7) is 6.06. The Labute approximate surface area is 176 Å². The maximum Gasteiger partial charge on any atom is 0.338 e. The molecule has 0 N–H and O–H groups in total. The fourth-order valence-corrected chi connectivity index (χ4v) is 4.70. The van der Waals surface area contributed by atoms with Crippen LogP contribution < -0.4 is 4.74 Å². The molecule has 0 saturated heterocycles. The zero-order chi connectivity index (χ0) is 20.8. The van der Waals surface area contributed by atoms with Crippen molar-refractivity contribution in [1.82, 2.24) is 0 Å². The Morgan fingerprint density at radius 3 is 2.72 bits per heavy atom.